The first kappa shape index (κ1) is 17.6. The Labute approximate surface area is 144 Å². The molecule has 2 rings (SSSR count). The number of rotatable bonds is 5. The van der Waals surface area contributed by atoms with Crippen LogP contribution in [0.25, 0.3) is 0 Å². The number of hydrogen-bond acceptors (Lipinski definition) is 2. The van der Waals surface area contributed by atoms with Crippen LogP contribution in [0.4, 0.5) is 5.69 Å². The van der Waals surface area contributed by atoms with E-state index in [1.165, 1.54) is 5.57 Å². The second kappa shape index (κ2) is 7.69. The van der Waals surface area contributed by atoms with E-state index in [-0.39, 0.29) is 17.6 Å². The van der Waals surface area contributed by atoms with E-state index in [1.807, 2.05) is 30.3 Å². The van der Waals surface area contributed by atoms with Gasteiger partial charge in [-0.15, -0.1) is 0 Å². The van der Waals surface area contributed by atoms with Crippen LogP contribution in [0, 0.1) is 11.3 Å². The van der Waals surface area contributed by atoms with Gasteiger partial charge in [0, 0.05) is 11.6 Å². The average molecular weight is 327 g/mol. The molecule has 0 saturated heterocycles. The summed E-state index contributed by atoms with van der Waals surface area (Å²) in [7, 11) is 0. The van der Waals surface area contributed by atoms with E-state index in [0.717, 1.165) is 18.5 Å². The van der Waals surface area contributed by atoms with Crippen LogP contribution in [0.1, 0.15) is 40.0 Å². The molecule has 0 saturated carbocycles. The first-order valence-corrected chi connectivity index (χ1v) is 8.52. The summed E-state index contributed by atoms with van der Waals surface area (Å²) in [5.74, 6) is 0.378. The van der Waals surface area contributed by atoms with E-state index < -0.39 is 0 Å². The van der Waals surface area contributed by atoms with Crippen molar-refractivity contribution in [3.8, 4) is 0 Å². The minimum Gasteiger partial charge on any atom is -0.350 e. The normalized spacial score (nSPS) is 20.1. The van der Waals surface area contributed by atoms with Crippen molar-refractivity contribution in [2.24, 2.45) is 11.3 Å². The van der Waals surface area contributed by atoms with Gasteiger partial charge in [0.1, 0.15) is 0 Å². The molecule has 0 aliphatic heterocycles. The van der Waals surface area contributed by atoms with Gasteiger partial charge < -0.3 is 5.32 Å². The topological polar surface area (TPSA) is 29.1 Å². The molecular formula is C20H25NOS. The zero-order valence-electron chi connectivity index (χ0n) is 14.1. The molecule has 122 valence electrons. The summed E-state index contributed by atoms with van der Waals surface area (Å²) in [4.78, 5) is 12.7. The fourth-order valence-corrected chi connectivity index (χ4v) is 3.39. The lowest BCUT2D eigenvalue weighted by Crippen LogP contribution is -2.26. The summed E-state index contributed by atoms with van der Waals surface area (Å²) in [5, 5.41) is 3.10. The molecule has 3 heteroatoms. The lowest BCUT2D eigenvalue weighted by Gasteiger charge is -2.36. The maximum Gasteiger partial charge on any atom is 0.162 e. The quantitative estimate of drug-likeness (QED) is 0.450. The Balaban J connectivity index is 1.92. The molecule has 23 heavy (non-hydrogen) atoms. The molecule has 0 amide bonds. The van der Waals surface area contributed by atoms with Gasteiger partial charge in [-0.1, -0.05) is 62.0 Å². The lowest BCUT2D eigenvalue weighted by atomic mass is 9.68. The third-order valence-corrected chi connectivity index (χ3v) is 4.70. The molecule has 0 radical (unpaired) electrons. The number of thiocarbonyl (C=S) groups is 1. The highest BCUT2D eigenvalue weighted by atomic mass is 32.1. The van der Waals surface area contributed by atoms with Gasteiger partial charge in [-0.25, -0.2) is 0 Å². The standard InChI is InChI=1S/C20H25NOS/c1-15-8-7-13-20(2,3)18(15)12-11-17(22)14-19(23)21-16-9-5-4-6-10-16/h4-6,8-12,18H,7,13-14H2,1-3H3,(H,21,23)/b12-11+. The van der Waals surface area contributed by atoms with E-state index in [9.17, 15) is 4.79 Å². The number of nitrogens with one attached hydrogen (secondary N) is 1. The van der Waals surface area contributed by atoms with Crippen molar-refractivity contribution >= 4 is 28.7 Å². The summed E-state index contributed by atoms with van der Waals surface area (Å²) >= 11 is 5.27. The molecule has 0 aromatic heterocycles. The molecule has 1 unspecified atom stereocenters. The monoisotopic (exact) mass is 327 g/mol. The molecule has 1 aromatic rings. The Morgan fingerprint density at radius 3 is 2.70 bits per heavy atom. The van der Waals surface area contributed by atoms with Crippen LogP contribution in [-0.2, 0) is 4.79 Å². The van der Waals surface area contributed by atoms with Gasteiger partial charge in [0.25, 0.3) is 0 Å². The maximum atomic E-state index is 12.2. The Kier molecular flexibility index (Phi) is 5.89. The summed E-state index contributed by atoms with van der Waals surface area (Å²) in [6, 6.07) is 9.69. The Hall–Kier alpha value is -1.74. The van der Waals surface area contributed by atoms with Crippen LogP contribution in [0.2, 0.25) is 0 Å². The van der Waals surface area contributed by atoms with Crippen molar-refractivity contribution in [1.29, 1.82) is 0 Å². The molecule has 1 aromatic carbocycles. The van der Waals surface area contributed by atoms with Gasteiger partial charge in [-0.3, -0.25) is 4.79 Å². The molecule has 0 bridgehead atoms. The number of benzene rings is 1. The SMILES string of the molecule is CC1=CCCC(C)(C)C1/C=C/C(=O)CC(=S)Nc1ccccc1. The highest BCUT2D eigenvalue weighted by molar-refractivity contribution is 7.80. The third kappa shape index (κ3) is 5.14. The zero-order chi connectivity index (χ0) is 16.9. The number of allylic oxidation sites excluding steroid dienone is 4. The molecule has 0 spiro atoms. The molecule has 0 heterocycles. The number of carbonyl (C=O) groups is 1. The van der Waals surface area contributed by atoms with E-state index in [2.05, 4.69) is 38.2 Å². The second-order valence-corrected chi connectivity index (χ2v) is 7.36. The largest absolute Gasteiger partial charge is 0.350 e. The zero-order valence-corrected chi connectivity index (χ0v) is 15.0. The minimum atomic E-state index is 0.0487. The fraction of sp³-hybridized carbons (Fsp3) is 0.400. The summed E-state index contributed by atoms with van der Waals surface area (Å²) in [6.07, 6.45) is 8.57. The third-order valence-electron chi connectivity index (χ3n) is 4.45. The lowest BCUT2D eigenvalue weighted by molar-refractivity contribution is -0.113. The van der Waals surface area contributed by atoms with Crippen molar-refractivity contribution in [1.82, 2.24) is 0 Å². The predicted octanol–water partition coefficient (Wildman–Crippen LogP) is 5.32. The predicted molar refractivity (Wildman–Crippen MR) is 102 cm³/mol. The first-order chi connectivity index (χ1) is 10.9. The molecular weight excluding hydrogens is 302 g/mol. The van der Waals surface area contributed by atoms with Crippen molar-refractivity contribution in [2.45, 2.75) is 40.0 Å². The number of carbonyl (C=O) groups excluding carboxylic acids is 1. The Morgan fingerprint density at radius 1 is 1.35 bits per heavy atom. The van der Waals surface area contributed by atoms with E-state index >= 15 is 0 Å². The first-order valence-electron chi connectivity index (χ1n) is 8.11. The molecule has 2 nitrogen and oxygen atoms in total. The fourth-order valence-electron chi connectivity index (χ4n) is 3.13. The minimum absolute atomic E-state index is 0.0487. The van der Waals surface area contributed by atoms with Crippen LogP contribution >= 0.6 is 12.2 Å². The Bertz CT molecular complexity index is 628. The highest BCUT2D eigenvalue weighted by Gasteiger charge is 2.30. The number of anilines is 1. The molecule has 1 atom stereocenters. The second-order valence-electron chi connectivity index (χ2n) is 6.87. The van der Waals surface area contributed by atoms with Crippen molar-refractivity contribution < 1.29 is 4.79 Å². The van der Waals surface area contributed by atoms with Gasteiger partial charge in [0.15, 0.2) is 5.78 Å². The van der Waals surface area contributed by atoms with Crippen molar-refractivity contribution in [2.75, 3.05) is 5.32 Å². The summed E-state index contributed by atoms with van der Waals surface area (Å²) < 4.78 is 0. The average Bonchev–Trinajstić information content (AvgIpc) is 2.46. The van der Waals surface area contributed by atoms with Crippen LogP contribution in [0.15, 0.2) is 54.1 Å². The van der Waals surface area contributed by atoms with Gasteiger partial charge in [0.2, 0.25) is 0 Å². The van der Waals surface area contributed by atoms with Crippen molar-refractivity contribution in [3.63, 3.8) is 0 Å². The summed E-state index contributed by atoms with van der Waals surface area (Å²) in [5.41, 5.74) is 2.48. The number of hydrogen-bond donors (Lipinski definition) is 1. The van der Waals surface area contributed by atoms with Gasteiger partial charge in [-0.2, -0.15) is 0 Å². The Morgan fingerprint density at radius 2 is 2.04 bits per heavy atom. The van der Waals surface area contributed by atoms with Gasteiger partial charge >= 0.3 is 0 Å². The van der Waals surface area contributed by atoms with Crippen LogP contribution in [0.5, 0.6) is 0 Å². The summed E-state index contributed by atoms with van der Waals surface area (Å²) in [6.45, 7) is 6.69. The highest BCUT2D eigenvalue weighted by Crippen LogP contribution is 2.41. The number of para-hydroxylation sites is 1. The van der Waals surface area contributed by atoms with E-state index in [1.54, 1.807) is 6.08 Å². The van der Waals surface area contributed by atoms with Gasteiger partial charge in [-0.05, 0) is 43.4 Å². The smallest absolute Gasteiger partial charge is 0.162 e. The van der Waals surface area contributed by atoms with Gasteiger partial charge in [0.05, 0.1) is 11.4 Å². The van der Waals surface area contributed by atoms with Crippen LogP contribution in [0.3, 0.4) is 0 Å². The van der Waals surface area contributed by atoms with E-state index in [4.69, 9.17) is 12.2 Å². The van der Waals surface area contributed by atoms with Crippen LogP contribution < -0.4 is 5.32 Å². The van der Waals surface area contributed by atoms with E-state index in [0.29, 0.717) is 10.9 Å². The maximum absolute atomic E-state index is 12.2. The molecule has 1 aliphatic rings. The molecule has 1 aliphatic carbocycles. The molecule has 1 N–H and O–H groups in total. The van der Waals surface area contributed by atoms with Crippen molar-refractivity contribution in [3.05, 3.63) is 54.1 Å². The van der Waals surface area contributed by atoms with Crippen LogP contribution in [-0.4, -0.2) is 10.8 Å². The molecule has 0 fully saturated rings. The number of ketones is 1.